The molecule has 0 unspecified atom stereocenters. The summed E-state index contributed by atoms with van der Waals surface area (Å²) in [6, 6.07) is 0. The fourth-order valence-corrected chi connectivity index (χ4v) is 2.29. The molecule has 0 radical (unpaired) electrons. The summed E-state index contributed by atoms with van der Waals surface area (Å²) >= 11 is 0. The number of aliphatic hydroxyl groups excluding tert-OH is 1. The van der Waals surface area contributed by atoms with Gasteiger partial charge in [0, 0.05) is 0 Å². The second kappa shape index (κ2) is 5.69. The van der Waals surface area contributed by atoms with E-state index in [1.165, 1.54) is 4.90 Å². The Morgan fingerprint density at radius 2 is 1.71 bits per heavy atom. The van der Waals surface area contributed by atoms with Gasteiger partial charge in [-0.3, -0.25) is 0 Å². The van der Waals surface area contributed by atoms with Gasteiger partial charge in [-0.1, -0.05) is 0 Å². The van der Waals surface area contributed by atoms with Crippen LogP contribution in [0, 0.1) is 0 Å². The van der Waals surface area contributed by atoms with Crippen LogP contribution in [0.2, 0.25) is 0 Å². The van der Waals surface area contributed by atoms with Crippen molar-refractivity contribution in [2.75, 3.05) is 26.2 Å². The number of nitrogens with zero attached hydrogens (tertiary/aromatic N) is 2. The number of carbonyl (C=O) groups is 2. The van der Waals surface area contributed by atoms with E-state index in [0.29, 0.717) is 13.1 Å². The Morgan fingerprint density at radius 3 is 2.19 bits per heavy atom. The molecule has 2 rings (SSSR count). The lowest BCUT2D eigenvalue weighted by Gasteiger charge is -2.40. The Kier molecular flexibility index (Phi) is 4.29. The van der Waals surface area contributed by atoms with E-state index in [0.717, 1.165) is 4.90 Å². The van der Waals surface area contributed by atoms with E-state index in [-0.39, 0.29) is 25.3 Å². The topological polar surface area (TPSA) is 99.5 Å². The monoisotopic (exact) mass is 302 g/mol. The van der Waals surface area contributed by atoms with E-state index in [1.54, 1.807) is 20.8 Å². The smallest absolute Gasteiger partial charge is 0.410 e. The Labute approximate surface area is 123 Å². The summed E-state index contributed by atoms with van der Waals surface area (Å²) in [5.74, 6) is 0. The molecule has 2 N–H and O–H groups in total. The molecule has 0 aliphatic carbocycles. The second-order valence-electron chi connectivity index (χ2n) is 6.44. The molecule has 2 aliphatic rings. The quantitative estimate of drug-likeness (QED) is 0.763. The molecule has 2 aliphatic heterocycles. The first-order chi connectivity index (χ1) is 9.65. The molecule has 0 aromatic rings. The van der Waals surface area contributed by atoms with Crippen LogP contribution < -0.4 is 0 Å². The van der Waals surface area contributed by atoms with Crippen LogP contribution in [0.15, 0.2) is 0 Å². The summed E-state index contributed by atoms with van der Waals surface area (Å²) < 4.78 is 10.9. The number of carbonyl (C=O) groups excluding carboxylic acids is 1. The molecule has 0 bridgehead atoms. The standard InChI is InChI=1S/C13H22N2O6/c1-13(2,3)21-12(19)15-4-8(5-15)20-10-7-14(11(17)18)6-9(10)16/h8-10,16H,4-7H2,1-3H3,(H,17,18)/t9-,10-/m1/s1. The summed E-state index contributed by atoms with van der Waals surface area (Å²) in [7, 11) is 0. The zero-order valence-corrected chi connectivity index (χ0v) is 12.5. The minimum Gasteiger partial charge on any atom is -0.465 e. The summed E-state index contributed by atoms with van der Waals surface area (Å²) in [6.45, 7) is 6.40. The number of hydrogen-bond donors (Lipinski definition) is 2. The fourth-order valence-electron chi connectivity index (χ4n) is 2.29. The normalized spacial score (nSPS) is 26.7. The van der Waals surface area contributed by atoms with Crippen molar-refractivity contribution in [1.29, 1.82) is 0 Å². The molecular formula is C13H22N2O6. The van der Waals surface area contributed by atoms with Gasteiger partial charge in [-0.2, -0.15) is 0 Å². The third-order valence-electron chi connectivity index (χ3n) is 3.37. The Bertz CT molecular complexity index is 415. The van der Waals surface area contributed by atoms with Gasteiger partial charge in [-0.25, -0.2) is 9.59 Å². The Morgan fingerprint density at radius 1 is 1.10 bits per heavy atom. The van der Waals surface area contributed by atoms with Gasteiger partial charge in [-0.15, -0.1) is 0 Å². The number of rotatable bonds is 2. The molecule has 0 saturated carbocycles. The van der Waals surface area contributed by atoms with Gasteiger partial charge in [0.25, 0.3) is 0 Å². The van der Waals surface area contributed by atoms with E-state index in [9.17, 15) is 14.7 Å². The van der Waals surface area contributed by atoms with E-state index >= 15 is 0 Å². The highest BCUT2D eigenvalue weighted by molar-refractivity contribution is 5.69. The number of carboxylic acid groups (broad SMARTS) is 1. The molecule has 2 amide bonds. The Hall–Kier alpha value is -1.54. The molecule has 2 fully saturated rings. The van der Waals surface area contributed by atoms with Crippen LogP contribution in [0.1, 0.15) is 20.8 Å². The average Bonchev–Trinajstić information content (AvgIpc) is 2.62. The highest BCUT2D eigenvalue weighted by atomic mass is 16.6. The van der Waals surface area contributed by atoms with Crippen LogP contribution in [0.3, 0.4) is 0 Å². The van der Waals surface area contributed by atoms with Crippen molar-refractivity contribution in [3.63, 3.8) is 0 Å². The average molecular weight is 302 g/mol. The van der Waals surface area contributed by atoms with Gasteiger partial charge in [0.05, 0.1) is 38.4 Å². The van der Waals surface area contributed by atoms with Crippen LogP contribution in [-0.2, 0) is 9.47 Å². The number of β-amino-alcohol motifs (C(OH)–C–C–N with tert-alkyl or cyclic N) is 1. The third-order valence-corrected chi connectivity index (χ3v) is 3.37. The first-order valence-electron chi connectivity index (χ1n) is 6.95. The third kappa shape index (κ3) is 3.98. The van der Waals surface area contributed by atoms with Crippen LogP contribution in [0.5, 0.6) is 0 Å². The van der Waals surface area contributed by atoms with Crippen molar-refractivity contribution < 1.29 is 29.3 Å². The highest BCUT2D eigenvalue weighted by Gasteiger charge is 2.40. The van der Waals surface area contributed by atoms with Gasteiger partial charge in [0.15, 0.2) is 0 Å². The Balaban J connectivity index is 1.73. The number of aliphatic hydroxyl groups is 1. The van der Waals surface area contributed by atoms with Crippen molar-refractivity contribution in [3.8, 4) is 0 Å². The highest BCUT2D eigenvalue weighted by Crippen LogP contribution is 2.22. The predicted molar refractivity (Wildman–Crippen MR) is 72.1 cm³/mol. The summed E-state index contributed by atoms with van der Waals surface area (Å²) in [5.41, 5.74) is -0.535. The largest absolute Gasteiger partial charge is 0.465 e. The molecule has 0 aromatic carbocycles. The predicted octanol–water partition coefficient (Wildman–Crippen LogP) is 0.345. The minimum atomic E-state index is -1.07. The summed E-state index contributed by atoms with van der Waals surface area (Å²) in [6.07, 6.45) is -3.00. The van der Waals surface area contributed by atoms with Crippen molar-refractivity contribution in [2.45, 2.75) is 44.7 Å². The molecule has 2 heterocycles. The number of ether oxygens (including phenoxy) is 2. The number of amides is 2. The van der Waals surface area contributed by atoms with Gasteiger partial charge >= 0.3 is 12.2 Å². The molecule has 2 saturated heterocycles. The van der Waals surface area contributed by atoms with E-state index in [4.69, 9.17) is 14.6 Å². The van der Waals surface area contributed by atoms with Gasteiger partial charge in [0.2, 0.25) is 0 Å². The maximum Gasteiger partial charge on any atom is 0.410 e. The summed E-state index contributed by atoms with van der Waals surface area (Å²) in [5, 5.41) is 18.6. The van der Waals surface area contributed by atoms with Crippen LogP contribution in [-0.4, -0.2) is 82.3 Å². The van der Waals surface area contributed by atoms with Crippen molar-refractivity contribution in [2.24, 2.45) is 0 Å². The fraction of sp³-hybridized carbons (Fsp3) is 0.846. The van der Waals surface area contributed by atoms with Gasteiger partial charge < -0.3 is 29.5 Å². The molecule has 8 nitrogen and oxygen atoms in total. The number of hydrogen-bond acceptors (Lipinski definition) is 5. The molecule has 120 valence electrons. The SMILES string of the molecule is CC(C)(C)OC(=O)N1CC(O[C@@H]2CN(C(=O)O)C[C@H]2O)C1. The molecule has 21 heavy (non-hydrogen) atoms. The zero-order chi connectivity index (χ0) is 15.8. The maximum absolute atomic E-state index is 11.7. The van der Waals surface area contributed by atoms with Crippen LogP contribution in [0.4, 0.5) is 9.59 Å². The molecule has 2 atom stereocenters. The van der Waals surface area contributed by atoms with Crippen molar-refractivity contribution in [3.05, 3.63) is 0 Å². The summed E-state index contributed by atoms with van der Waals surface area (Å²) in [4.78, 5) is 25.2. The lowest BCUT2D eigenvalue weighted by molar-refractivity contribution is -0.111. The number of likely N-dealkylation sites (tertiary alicyclic amines) is 2. The van der Waals surface area contributed by atoms with Crippen LogP contribution in [0.25, 0.3) is 0 Å². The lowest BCUT2D eigenvalue weighted by Crippen LogP contribution is -2.57. The van der Waals surface area contributed by atoms with E-state index in [2.05, 4.69) is 0 Å². The van der Waals surface area contributed by atoms with Crippen molar-refractivity contribution >= 4 is 12.2 Å². The van der Waals surface area contributed by atoms with E-state index in [1.807, 2.05) is 0 Å². The van der Waals surface area contributed by atoms with Crippen LogP contribution >= 0.6 is 0 Å². The first-order valence-corrected chi connectivity index (χ1v) is 6.95. The zero-order valence-electron chi connectivity index (χ0n) is 12.5. The van der Waals surface area contributed by atoms with Gasteiger partial charge in [0.1, 0.15) is 11.7 Å². The maximum atomic E-state index is 11.7. The van der Waals surface area contributed by atoms with E-state index < -0.39 is 23.9 Å². The molecule has 8 heteroatoms. The van der Waals surface area contributed by atoms with Gasteiger partial charge in [-0.05, 0) is 20.8 Å². The molecular weight excluding hydrogens is 280 g/mol. The second-order valence-corrected chi connectivity index (χ2v) is 6.44. The first kappa shape index (κ1) is 15.8. The molecule has 0 spiro atoms. The minimum absolute atomic E-state index is 0.0580. The lowest BCUT2D eigenvalue weighted by atomic mass is 10.1. The molecule has 0 aromatic heterocycles. The van der Waals surface area contributed by atoms with Crippen molar-refractivity contribution in [1.82, 2.24) is 9.80 Å².